The molecule has 5 nitrogen and oxygen atoms in total. The van der Waals surface area contributed by atoms with Crippen LogP contribution >= 0.6 is 0 Å². The topological polar surface area (TPSA) is 53.6 Å². The number of amides is 1. The van der Waals surface area contributed by atoms with Crippen LogP contribution in [0.2, 0.25) is 0 Å². The van der Waals surface area contributed by atoms with Crippen LogP contribution in [-0.2, 0) is 0 Å². The van der Waals surface area contributed by atoms with Gasteiger partial charge >= 0.3 is 6.18 Å². The van der Waals surface area contributed by atoms with Crippen molar-refractivity contribution in [2.24, 2.45) is 11.8 Å². The van der Waals surface area contributed by atoms with Crippen LogP contribution in [0.5, 0.6) is 5.75 Å². The summed E-state index contributed by atoms with van der Waals surface area (Å²) >= 11 is 0. The van der Waals surface area contributed by atoms with Crippen LogP contribution in [0.25, 0.3) is 0 Å². The van der Waals surface area contributed by atoms with Gasteiger partial charge in [0.1, 0.15) is 5.75 Å². The number of piperidine rings is 3. The lowest BCUT2D eigenvalue weighted by molar-refractivity contribution is -0.170. The molecule has 1 aromatic rings. The van der Waals surface area contributed by atoms with E-state index in [1.165, 1.54) is 0 Å². The zero-order chi connectivity index (χ0) is 19.9. The van der Waals surface area contributed by atoms with Gasteiger partial charge in [0.15, 0.2) is 6.23 Å². The lowest BCUT2D eigenvalue weighted by atomic mass is 9.79. The van der Waals surface area contributed by atoms with Crippen molar-refractivity contribution < 1.29 is 22.7 Å². The van der Waals surface area contributed by atoms with Crippen molar-refractivity contribution in [1.29, 1.82) is 0 Å². The molecule has 1 aromatic carbocycles. The predicted octanol–water partition coefficient (Wildman–Crippen LogP) is 2.78. The maximum absolute atomic E-state index is 12.7. The van der Waals surface area contributed by atoms with Gasteiger partial charge in [-0.3, -0.25) is 15.0 Å². The van der Waals surface area contributed by atoms with E-state index in [4.69, 9.17) is 4.74 Å². The fraction of sp³-hybridized carbons (Fsp3) is 0.650. The zero-order valence-corrected chi connectivity index (χ0v) is 15.8. The minimum Gasteiger partial charge on any atom is -0.475 e. The number of nitrogens with zero attached hydrogens (tertiary/aromatic N) is 1. The third-order valence-electron chi connectivity index (χ3n) is 6.42. The quantitative estimate of drug-likeness (QED) is 0.821. The Morgan fingerprint density at radius 2 is 1.89 bits per heavy atom. The van der Waals surface area contributed by atoms with Crippen LogP contribution in [0.1, 0.15) is 36.5 Å². The standard InChI is InChI=1S/C20H26F3N3O2/c1-12-18(13-6-8-26(12)9-7-13)25-19(27)14-2-4-16(5-3-14)28-17-10-15(11-24-17)20(21,22)23/h2-5,12-13,15,17-18,24H,6-11H2,1H3,(H,25,27)/t12-,15?,17?,18-/m0/s1. The minimum absolute atomic E-state index is 0.108. The van der Waals surface area contributed by atoms with Crippen LogP contribution in [0.4, 0.5) is 13.2 Å². The van der Waals surface area contributed by atoms with E-state index in [1.54, 1.807) is 24.3 Å². The maximum Gasteiger partial charge on any atom is 0.393 e. The van der Waals surface area contributed by atoms with Crippen molar-refractivity contribution in [1.82, 2.24) is 15.5 Å². The number of carbonyl (C=O) groups is 1. The van der Waals surface area contributed by atoms with Crippen LogP contribution in [-0.4, -0.2) is 54.9 Å². The van der Waals surface area contributed by atoms with Gasteiger partial charge in [0.25, 0.3) is 5.91 Å². The average Bonchev–Trinajstić information content (AvgIpc) is 3.14. The van der Waals surface area contributed by atoms with Gasteiger partial charge in [0, 0.05) is 30.6 Å². The van der Waals surface area contributed by atoms with E-state index in [2.05, 4.69) is 22.5 Å². The second-order valence-electron chi connectivity index (χ2n) is 8.13. The molecule has 154 valence electrons. The molecule has 4 saturated heterocycles. The number of hydrogen-bond donors (Lipinski definition) is 2. The number of fused-ring (bicyclic) bond motifs is 3. The molecule has 2 unspecified atom stereocenters. The Hall–Kier alpha value is -1.80. The summed E-state index contributed by atoms with van der Waals surface area (Å²) in [4.78, 5) is 15.1. The summed E-state index contributed by atoms with van der Waals surface area (Å²) in [7, 11) is 0. The highest BCUT2D eigenvalue weighted by molar-refractivity contribution is 5.94. The smallest absolute Gasteiger partial charge is 0.393 e. The summed E-state index contributed by atoms with van der Waals surface area (Å²) in [5, 5.41) is 5.92. The molecule has 4 fully saturated rings. The predicted molar refractivity (Wildman–Crippen MR) is 98.0 cm³/mol. The summed E-state index contributed by atoms with van der Waals surface area (Å²) in [5.74, 6) is -0.519. The van der Waals surface area contributed by atoms with Gasteiger partial charge in [-0.15, -0.1) is 0 Å². The summed E-state index contributed by atoms with van der Waals surface area (Å²) in [6.45, 7) is 4.24. The van der Waals surface area contributed by atoms with E-state index >= 15 is 0 Å². The highest BCUT2D eigenvalue weighted by Crippen LogP contribution is 2.34. The van der Waals surface area contributed by atoms with E-state index in [0.717, 1.165) is 25.9 Å². The van der Waals surface area contributed by atoms with E-state index in [-0.39, 0.29) is 24.9 Å². The monoisotopic (exact) mass is 397 g/mol. The molecule has 0 saturated carbocycles. The Bertz CT molecular complexity index is 700. The lowest BCUT2D eigenvalue weighted by Crippen LogP contribution is -2.62. The molecular formula is C20H26F3N3O2. The number of alkyl halides is 3. The molecule has 0 radical (unpaired) electrons. The molecule has 0 spiro atoms. The molecule has 8 heteroatoms. The number of rotatable bonds is 4. The highest BCUT2D eigenvalue weighted by atomic mass is 19.4. The van der Waals surface area contributed by atoms with Crippen molar-refractivity contribution in [3.8, 4) is 5.75 Å². The molecule has 0 aromatic heterocycles. The van der Waals surface area contributed by atoms with Crippen LogP contribution in [0.15, 0.2) is 24.3 Å². The Kier molecular flexibility index (Phi) is 5.26. The molecule has 2 bridgehead atoms. The highest BCUT2D eigenvalue weighted by Gasteiger charge is 2.45. The number of benzene rings is 1. The zero-order valence-electron chi connectivity index (χ0n) is 15.8. The van der Waals surface area contributed by atoms with Gasteiger partial charge in [-0.25, -0.2) is 0 Å². The van der Waals surface area contributed by atoms with Crippen molar-refractivity contribution >= 4 is 5.91 Å². The van der Waals surface area contributed by atoms with Crippen molar-refractivity contribution in [3.05, 3.63) is 29.8 Å². The largest absolute Gasteiger partial charge is 0.475 e. The lowest BCUT2D eigenvalue weighted by Gasteiger charge is -2.49. The number of hydrogen-bond acceptors (Lipinski definition) is 4. The number of carbonyl (C=O) groups excluding carboxylic acids is 1. The van der Waals surface area contributed by atoms with Gasteiger partial charge in [-0.1, -0.05) is 0 Å². The number of ether oxygens (including phenoxy) is 1. The average molecular weight is 397 g/mol. The van der Waals surface area contributed by atoms with Gasteiger partial charge < -0.3 is 10.1 Å². The molecule has 5 rings (SSSR count). The van der Waals surface area contributed by atoms with Gasteiger partial charge in [-0.2, -0.15) is 13.2 Å². The Morgan fingerprint density at radius 3 is 2.46 bits per heavy atom. The van der Waals surface area contributed by atoms with E-state index in [0.29, 0.717) is 23.3 Å². The Labute approximate surface area is 162 Å². The van der Waals surface area contributed by atoms with Crippen LogP contribution in [0, 0.1) is 11.8 Å². The fourth-order valence-corrected chi connectivity index (χ4v) is 4.67. The fourth-order valence-electron chi connectivity index (χ4n) is 4.67. The number of nitrogens with one attached hydrogen (secondary N) is 2. The van der Waals surface area contributed by atoms with E-state index in [9.17, 15) is 18.0 Å². The first-order valence-electron chi connectivity index (χ1n) is 9.93. The SMILES string of the molecule is C[C@H]1[C@H](NC(=O)c2ccc(OC3CC(C(F)(F)F)CN3)cc2)C2CCN1CC2. The van der Waals surface area contributed by atoms with Crippen molar-refractivity contribution in [2.45, 2.75) is 50.7 Å². The third kappa shape index (κ3) is 3.98. The van der Waals surface area contributed by atoms with Gasteiger partial charge in [-0.05, 0) is 63.0 Å². The van der Waals surface area contributed by atoms with Crippen LogP contribution < -0.4 is 15.4 Å². The molecule has 2 N–H and O–H groups in total. The maximum atomic E-state index is 12.7. The second-order valence-corrected chi connectivity index (χ2v) is 8.13. The third-order valence-corrected chi connectivity index (χ3v) is 6.42. The molecule has 1 amide bonds. The molecule has 4 atom stereocenters. The summed E-state index contributed by atoms with van der Waals surface area (Å²) < 4.78 is 43.8. The van der Waals surface area contributed by atoms with Gasteiger partial charge in [0.2, 0.25) is 0 Å². The molecule has 28 heavy (non-hydrogen) atoms. The molecular weight excluding hydrogens is 371 g/mol. The first-order chi connectivity index (χ1) is 13.3. The molecule has 4 heterocycles. The summed E-state index contributed by atoms with van der Waals surface area (Å²) in [6.07, 6.45) is -2.74. The van der Waals surface area contributed by atoms with Crippen LogP contribution in [0.3, 0.4) is 0 Å². The molecule has 0 aliphatic carbocycles. The normalized spacial score (nSPS) is 35.0. The van der Waals surface area contributed by atoms with E-state index < -0.39 is 18.3 Å². The first kappa shape index (κ1) is 19.5. The first-order valence-corrected chi connectivity index (χ1v) is 9.93. The minimum atomic E-state index is -4.21. The Morgan fingerprint density at radius 1 is 1.21 bits per heavy atom. The molecule has 4 aliphatic rings. The van der Waals surface area contributed by atoms with Crippen molar-refractivity contribution in [3.63, 3.8) is 0 Å². The van der Waals surface area contributed by atoms with Crippen molar-refractivity contribution in [2.75, 3.05) is 19.6 Å². The molecule has 4 aliphatic heterocycles. The second kappa shape index (κ2) is 7.55. The summed E-state index contributed by atoms with van der Waals surface area (Å²) in [5.41, 5.74) is 0.531. The van der Waals surface area contributed by atoms with E-state index in [1.807, 2.05) is 0 Å². The Balaban J connectivity index is 1.33. The van der Waals surface area contributed by atoms with Gasteiger partial charge in [0.05, 0.1) is 5.92 Å². The summed E-state index contributed by atoms with van der Waals surface area (Å²) in [6, 6.07) is 7.09. The number of halogens is 3.